The van der Waals surface area contributed by atoms with E-state index in [1.807, 2.05) is 12.1 Å². The lowest BCUT2D eigenvalue weighted by Gasteiger charge is -2.09. The number of benzene rings is 3. The van der Waals surface area contributed by atoms with Crippen LogP contribution in [0, 0.1) is 0 Å². The number of hydrogen-bond acceptors (Lipinski definition) is 6. The number of amides is 1. The highest BCUT2D eigenvalue weighted by Gasteiger charge is 2.17. The van der Waals surface area contributed by atoms with Gasteiger partial charge in [-0.15, -0.1) is 0 Å². The molecule has 1 amide bonds. The van der Waals surface area contributed by atoms with Crippen LogP contribution in [0.5, 0.6) is 0 Å². The molecule has 5 N–H and O–H groups in total. The van der Waals surface area contributed by atoms with Gasteiger partial charge in [0.2, 0.25) is 5.58 Å². The molecule has 0 radical (unpaired) electrons. The predicted molar refractivity (Wildman–Crippen MR) is 139 cm³/mol. The zero-order valence-corrected chi connectivity index (χ0v) is 20.0. The van der Waals surface area contributed by atoms with Gasteiger partial charge in [0.15, 0.2) is 5.82 Å². The second kappa shape index (κ2) is 7.97. The first-order valence-corrected chi connectivity index (χ1v) is 11.5. The normalized spacial score (nSPS) is 11.5. The molecule has 0 spiro atoms. The van der Waals surface area contributed by atoms with Crippen molar-refractivity contribution in [1.82, 2.24) is 20.2 Å². The third-order valence-electron chi connectivity index (χ3n) is 5.62. The van der Waals surface area contributed by atoms with Crippen molar-refractivity contribution in [3.63, 3.8) is 0 Å². The highest BCUT2D eigenvalue weighted by molar-refractivity contribution is 9.10. The Morgan fingerprint density at radius 3 is 2.77 bits per heavy atom. The standard InChI is InChI=1S/C24H14BrClN6O3/c25-11-2-6-18-15(8-11)19-20(35-18)24(34)30-22(29-19)13-4-3-12(9-16(13)26)28-23(33)10-1-5-17-14(7-10)21(27)32-31-17/h1-9H,(H,28,33)(H3,27,31,32)(H,29,30,34). The van der Waals surface area contributed by atoms with Crippen molar-refractivity contribution in [3.05, 3.63) is 80.0 Å². The number of fused-ring (bicyclic) bond motifs is 4. The number of furan rings is 1. The number of nitrogens with zero attached hydrogens (tertiary/aromatic N) is 2. The predicted octanol–water partition coefficient (Wildman–Crippen LogP) is 5.46. The van der Waals surface area contributed by atoms with Crippen molar-refractivity contribution in [3.8, 4) is 11.4 Å². The monoisotopic (exact) mass is 548 g/mol. The van der Waals surface area contributed by atoms with Crippen molar-refractivity contribution in [2.45, 2.75) is 0 Å². The van der Waals surface area contributed by atoms with E-state index in [1.54, 1.807) is 42.5 Å². The smallest absolute Gasteiger partial charge is 0.294 e. The third kappa shape index (κ3) is 3.63. The van der Waals surface area contributed by atoms with Gasteiger partial charge in [-0.1, -0.05) is 27.5 Å². The number of nitrogens with two attached hydrogens (primary N) is 1. The molecule has 6 rings (SSSR count). The quantitative estimate of drug-likeness (QED) is 0.231. The number of H-pyrrole nitrogens is 2. The minimum Gasteiger partial charge on any atom is -0.449 e. The van der Waals surface area contributed by atoms with E-state index in [9.17, 15) is 9.59 Å². The van der Waals surface area contributed by atoms with Crippen LogP contribution in [0.1, 0.15) is 10.4 Å². The molecule has 0 aliphatic carbocycles. The molecular formula is C24H14BrClN6O3. The van der Waals surface area contributed by atoms with Gasteiger partial charge in [0, 0.05) is 32.1 Å². The third-order valence-corrected chi connectivity index (χ3v) is 6.43. The van der Waals surface area contributed by atoms with Gasteiger partial charge in [0.05, 0.1) is 10.5 Å². The highest BCUT2D eigenvalue weighted by atomic mass is 79.9. The molecule has 35 heavy (non-hydrogen) atoms. The van der Waals surface area contributed by atoms with E-state index in [4.69, 9.17) is 21.8 Å². The van der Waals surface area contributed by atoms with Gasteiger partial charge in [0.25, 0.3) is 11.5 Å². The summed E-state index contributed by atoms with van der Waals surface area (Å²) in [4.78, 5) is 32.8. The van der Waals surface area contributed by atoms with Crippen LogP contribution in [0.3, 0.4) is 0 Å². The van der Waals surface area contributed by atoms with Crippen LogP contribution in [0.4, 0.5) is 11.5 Å². The summed E-state index contributed by atoms with van der Waals surface area (Å²) in [5, 5.41) is 11.2. The Kier molecular flexibility index (Phi) is 4.87. The van der Waals surface area contributed by atoms with Crippen LogP contribution in [-0.4, -0.2) is 26.1 Å². The second-order valence-corrected chi connectivity index (χ2v) is 9.18. The van der Waals surface area contributed by atoms with Crippen LogP contribution in [0.2, 0.25) is 5.02 Å². The first kappa shape index (κ1) is 21.4. The van der Waals surface area contributed by atoms with Crippen molar-refractivity contribution < 1.29 is 9.21 Å². The van der Waals surface area contributed by atoms with E-state index in [2.05, 4.69) is 41.4 Å². The number of rotatable bonds is 3. The largest absolute Gasteiger partial charge is 0.449 e. The molecule has 3 aromatic carbocycles. The van der Waals surface area contributed by atoms with E-state index in [0.717, 1.165) is 9.99 Å². The molecule has 0 bridgehead atoms. The second-order valence-electron chi connectivity index (χ2n) is 7.85. The van der Waals surface area contributed by atoms with Crippen LogP contribution >= 0.6 is 27.5 Å². The number of halogens is 2. The van der Waals surface area contributed by atoms with Crippen molar-refractivity contribution in [2.75, 3.05) is 11.1 Å². The molecule has 0 aliphatic heterocycles. The maximum Gasteiger partial charge on any atom is 0.294 e. The van der Waals surface area contributed by atoms with Crippen LogP contribution in [0.15, 0.2) is 68.3 Å². The lowest BCUT2D eigenvalue weighted by molar-refractivity contribution is 0.102. The Hall–Kier alpha value is -4.15. The highest BCUT2D eigenvalue weighted by Crippen LogP contribution is 2.32. The van der Waals surface area contributed by atoms with Crippen molar-refractivity contribution in [2.24, 2.45) is 0 Å². The van der Waals surface area contributed by atoms with Crippen LogP contribution in [-0.2, 0) is 0 Å². The van der Waals surface area contributed by atoms with Gasteiger partial charge in [-0.3, -0.25) is 14.7 Å². The van der Waals surface area contributed by atoms with Gasteiger partial charge in [-0.25, -0.2) is 4.98 Å². The summed E-state index contributed by atoms with van der Waals surface area (Å²) in [6.07, 6.45) is 0. The van der Waals surface area contributed by atoms with Crippen LogP contribution in [0.25, 0.3) is 44.4 Å². The Bertz CT molecular complexity index is 1870. The van der Waals surface area contributed by atoms with E-state index in [1.165, 1.54) is 0 Å². The molecule has 0 unspecified atom stereocenters. The Labute approximate surface area is 209 Å². The summed E-state index contributed by atoms with van der Waals surface area (Å²) in [6, 6.07) is 15.4. The number of anilines is 2. The fourth-order valence-corrected chi connectivity index (χ4v) is 4.55. The first-order valence-electron chi connectivity index (χ1n) is 10.3. The van der Waals surface area contributed by atoms with E-state index >= 15 is 0 Å². The maximum atomic E-state index is 12.8. The number of nitrogen functional groups attached to an aromatic ring is 1. The van der Waals surface area contributed by atoms with Gasteiger partial charge in [-0.2, -0.15) is 5.10 Å². The van der Waals surface area contributed by atoms with E-state index in [0.29, 0.717) is 49.5 Å². The minimum absolute atomic E-state index is 0.136. The van der Waals surface area contributed by atoms with Gasteiger partial charge >= 0.3 is 0 Å². The molecular weight excluding hydrogens is 536 g/mol. The number of carbonyl (C=O) groups excluding carboxylic acids is 1. The topological polar surface area (TPSA) is 143 Å². The van der Waals surface area contributed by atoms with Gasteiger partial charge in [-0.05, 0) is 54.6 Å². The van der Waals surface area contributed by atoms with Gasteiger partial charge < -0.3 is 20.5 Å². The summed E-state index contributed by atoms with van der Waals surface area (Å²) in [5.74, 6) is 0.270. The Morgan fingerprint density at radius 2 is 1.94 bits per heavy atom. The first-order chi connectivity index (χ1) is 16.9. The summed E-state index contributed by atoms with van der Waals surface area (Å²) >= 11 is 9.96. The Balaban J connectivity index is 1.34. The molecule has 3 aromatic heterocycles. The zero-order valence-electron chi connectivity index (χ0n) is 17.6. The number of aromatic amines is 2. The fourth-order valence-electron chi connectivity index (χ4n) is 3.92. The molecule has 0 saturated carbocycles. The number of aromatic nitrogens is 4. The molecule has 9 nitrogen and oxygen atoms in total. The summed E-state index contributed by atoms with van der Waals surface area (Å²) in [5.41, 5.74) is 8.67. The zero-order chi connectivity index (χ0) is 24.3. The molecule has 0 fully saturated rings. The lowest BCUT2D eigenvalue weighted by Crippen LogP contribution is -2.12. The summed E-state index contributed by atoms with van der Waals surface area (Å²) in [7, 11) is 0. The van der Waals surface area contributed by atoms with Crippen molar-refractivity contribution in [1.29, 1.82) is 0 Å². The van der Waals surface area contributed by atoms with Gasteiger partial charge in [0.1, 0.15) is 16.9 Å². The molecule has 11 heteroatoms. The fraction of sp³-hybridized carbons (Fsp3) is 0. The molecule has 0 aliphatic rings. The molecule has 6 aromatic rings. The molecule has 172 valence electrons. The van der Waals surface area contributed by atoms with E-state index < -0.39 is 5.56 Å². The number of nitrogens with one attached hydrogen (secondary N) is 3. The molecule has 0 atom stereocenters. The summed E-state index contributed by atoms with van der Waals surface area (Å²) < 4.78 is 6.51. The van der Waals surface area contributed by atoms with E-state index in [-0.39, 0.29) is 17.3 Å². The lowest BCUT2D eigenvalue weighted by atomic mass is 10.1. The average molecular weight is 550 g/mol. The van der Waals surface area contributed by atoms with Crippen molar-refractivity contribution >= 4 is 77.9 Å². The molecule has 3 heterocycles. The minimum atomic E-state index is -0.417. The SMILES string of the molecule is Nc1n[nH]c2ccc(C(=O)Nc3ccc(-c4nc5c(oc6ccc(Br)cc65)c(=O)[nH]4)c(Cl)c3)cc12. The molecule has 0 saturated heterocycles. The van der Waals surface area contributed by atoms with Crippen LogP contribution < -0.4 is 16.6 Å². The summed E-state index contributed by atoms with van der Waals surface area (Å²) in [6.45, 7) is 0. The number of carbonyl (C=O) groups is 1. The maximum absolute atomic E-state index is 12.8. The average Bonchev–Trinajstić information content (AvgIpc) is 3.39. The Morgan fingerprint density at radius 1 is 1.09 bits per heavy atom. The number of hydrogen-bond donors (Lipinski definition) is 4.